The van der Waals surface area contributed by atoms with Crippen molar-refractivity contribution >= 4 is 5.71 Å². The lowest BCUT2D eigenvalue weighted by Crippen LogP contribution is -2.29. The summed E-state index contributed by atoms with van der Waals surface area (Å²) >= 11 is 0. The molecule has 1 heterocycles. The smallest absolute Gasteiger partial charge is 0.235 e. The van der Waals surface area contributed by atoms with Gasteiger partial charge in [0.15, 0.2) is 0 Å². The highest BCUT2D eigenvalue weighted by molar-refractivity contribution is 5.89. The second-order valence-corrected chi connectivity index (χ2v) is 2.96. The Labute approximate surface area is 68.1 Å². The molecule has 0 N–H and O–H groups in total. The third kappa shape index (κ3) is 1.20. The lowest BCUT2D eigenvalue weighted by atomic mass is 10.2. The molecule has 1 rings (SSSR count). The summed E-state index contributed by atoms with van der Waals surface area (Å²) in [5.41, 5.74) is 2.48. The van der Waals surface area contributed by atoms with E-state index in [2.05, 4.69) is 36.0 Å². The van der Waals surface area contributed by atoms with Crippen molar-refractivity contribution in [2.45, 2.75) is 13.8 Å². The van der Waals surface area contributed by atoms with Crippen LogP contribution in [-0.2, 0) is 0 Å². The zero-order valence-corrected chi connectivity index (χ0v) is 7.68. The fourth-order valence-electron chi connectivity index (χ4n) is 1.13. The minimum atomic E-state index is 1.03. The molecule has 1 aliphatic rings. The van der Waals surface area contributed by atoms with Crippen LogP contribution >= 0.6 is 0 Å². The SMILES string of the molecule is C=C1N(C)C(C)=CC(C)=[N+]1C. The Hall–Kier alpha value is -1.05. The molecule has 0 fully saturated rings. The van der Waals surface area contributed by atoms with Crippen LogP contribution < -0.4 is 0 Å². The van der Waals surface area contributed by atoms with Crippen LogP contribution in [0.4, 0.5) is 0 Å². The molecule has 0 saturated carbocycles. The molecule has 0 aromatic carbocycles. The molecule has 0 unspecified atom stereocenters. The molecule has 11 heavy (non-hydrogen) atoms. The van der Waals surface area contributed by atoms with Gasteiger partial charge in [-0.1, -0.05) is 0 Å². The molecule has 0 aromatic heterocycles. The van der Waals surface area contributed by atoms with Gasteiger partial charge in [-0.3, -0.25) is 0 Å². The maximum absolute atomic E-state index is 3.97. The lowest BCUT2D eigenvalue weighted by molar-refractivity contribution is -0.462. The van der Waals surface area contributed by atoms with Crippen LogP contribution in [0.3, 0.4) is 0 Å². The summed E-state index contributed by atoms with van der Waals surface area (Å²) < 4.78 is 2.08. The molecule has 0 saturated heterocycles. The van der Waals surface area contributed by atoms with Crippen LogP contribution in [0, 0.1) is 0 Å². The Kier molecular flexibility index (Phi) is 1.85. The zero-order valence-electron chi connectivity index (χ0n) is 7.68. The second-order valence-electron chi connectivity index (χ2n) is 2.96. The van der Waals surface area contributed by atoms with Gasteiger partial charge in [-0.25, -0.2) is 9.48 Å². The van der Waals surface area contributed by atoms with E-state index in [0.29, 0.717) is 0 Å². The first-order chi connectivity index (χ1) is 5.04. The molecular formula is C9H15N2+. The Morgan fingerprint density at radius 1 is 1.45 bits per heavy atom. The lowest BCUT2D eigenvalue weighted by Gasteiger charge is -2.20. The van der Waals surface area contributed by atoms with Gasteiger partial charge in [0.2, 0.25) is 0 Å². The Balaban J connectivity index is 3.11. The van der Waals surface area contributed by atoms with E-state index in [1.807, 2.05) is 14.1 Å². The minimum absolute atomic E-state index is 1.03. The van der Waals surface area contributed by atoms with Gasteiger partial charge in [0, 0.05) is 6.08 Å². The van der Waals surface area contributed by atoms with Crippen molar-refractivity contribution in [3.05, 3.63) is 24.2 Å². The van der Waals surface area contributed by atoms with Gasteiger partial charge < -0.3 is 0 Å². The molecule has 1 aliphatic heterocycles. The third-order valence-electron chi connectivity index (χ3n) is 2.25. The van der Waals surface area contributed by atoms with Crippen molar-refractivity contribution in [2.24, 2.45) is 0 Å². The quantitative estimate of drug-likeness (QED) is 0.474. The predicted octanol–water partition coefficient (Wildman–Crippen LogP) is 1.41. The molecule has 0 bridgehead atoms. The van der Waals surface area contributed by atoms with Crippen LogP contribution in [0.15, 0.2) is 24.2 Å². The summed E-state index contributed by atoms with van der Waals surface area (Å²) in [6, 6.07) is 0. The molecule has 0 spiro atoms. The first-order valence-electron chi connectivity index (χ1n) is 3.72. The average molecular weight is 151 g/mol. The number of rotatable bonds is 0. The van der Waals surface area contributed by atoms with Crippen molar-refractivity contribution in [3.8, 4) is 0 Å². The maximum Gasteiger partial charge on any atom is 0.273 e. The van der Waals surface area contributed by atoms with Crippen molar-refractivity contribution in [3.63, 3.8) is 0 Å². The van der Waals surface area contributed by atoms with Crippen LogP contribution in [0.5, 0.6) is 0 Å². The highest BCUT2D eigenvalue weighted by Gasteiger charge is 2.20. The number of hydrogen-bond acceptors (Lipinski definition) is 1. The van der Waals surface area contributed by atoms with Crippen LogP contribution in [0.1, 0.15) is 13.8 Å². The molecule has 0 amide bonds. The van der Waals surface area contributed by atoms with E-state index in [1.54, 1.807) is 0 Å². The van der Waals surface area contributed by atoms with Gasteiger partial charge in [-0.15, -0.1) is 0 Å². The second kappa shape index (κ2) is 2.53. The molecule has 0 aromatic rings. The molecule has 60 valence electrons. The molecule has 0 radical (unpaired) electrons. The monoisotopic (exact) mass is 151 g/mol. The third-order valence-corrected chi connectivity index (χ3v) is 2.25. The van der Waals surface area contributed by atoms with Gasteiger partial charge in [0.25, 0.3) is 5.82 Å². The van der Waals surface area contributed by atoms with Gasteiger partial charge in [0.1, 0.15) is 11.4 Å². The Morgan fingerprint density at radius 3 is 2.55 bits per heavy atom. The van der Waals surface area contributed by atoms with E-state index in [-0.39, 0.29) is 0 Å². The predicted molar refractivity (Wildman–Crippen MR) is 47.5 cm³/mol. The average Bonchev–Trinajstić information content (AvgIpc) is 1.97. The molecule has 2 heteroatoms. The van der Waals surface area contributed by atoms with E-state index in [4.69, 9.17) is 0 Å². The van der Waals surface area contributed by atoms with Gasteiger partial charge in [0.05, 0.1) is 14.1 Å². The van der Waals surface area contributed by atoms with Gasteiger partial charge in [-0.05, 0) is 20.4 Å². The number of allylic oxidation sites excluding steroid dienone is 2. The zero-order chi connectivity index (χ0) is 8.59. The number of hydrogen-bond donors (Lipinski definition) is 0. The minimum Gasteiger partial charge on any atom is -0.235 e. The molecular weight excluding hydrogens is 136 g/mol. The van der Waals surface area contributed by atoms with Crippen LogP contribution in [0.25, 0.3) is 0 Å². The van der Waals surface area contributed by atoms with E-state index >= 15 is 0 Å². The standard InChI is InChI=1S/C9H15N2/c1-7-6-8(2)11(5)9(3)10(7)4/h6H,3H2,1-2,4-5H3/q+1. The Morgan fingerprint density at radius 2 is 2.00 bits per heavy atom. The summed E-state index contributed by atoms with van der Waals surface area (Å²) in [5, 5.41) is 0. The number of nitrogens with zero attached hydrogens (tertiary/aromatic N) is 2. The molecule has 0 atom stereocenters. The van der Waals surface area contributed by atoms with E-state index in [1.165, 1.54) is 11.4 Å². The Bertz CT molecular complexity index is 257. The largest absolute Gasteiger partial charge is 0.273 e. The highest BCUT2D eigenvalue weighted by Crippen LogP contribution is 2.13. The van der Waals surface area contributed by atoms with E-state index in [0.717, 1.165) is 5.82 Å². The normalized spacial score (nSPS) is 19.1. The summed E-state index contributed by atoms with van der Waals surface area (Å²) in [5.74, 6) is 1.03. The van der Waals surface area contributed by atoms with Gasteiger partial charge in [-0.2, -0.15) is 0 Å². The molecule has 2 nitrogen and oxygen atoms in total. The summed E-state index contributed by atoms with van der Waals surface area (Å²) in [7, 11) is 4.05. The topological polar surface area (TPSA) is 6.25 Å². The van der Waals surface area contributed by atoms with Crippen LogP contribution in [0.2, 0.25) is 0 Å². The fraction of sp³-hybridized carbons (Fsp3) is 0.444. The van der Waals surface area contributed by atoms with Crippen molar-refractivity contribution in [1.29, 1.82) is 0 Å². The van der Waals surface area contributed by atoms with Gasteiger partial charge >= 0.3 is 0 Å². The summed E-state index contributed by atoms with van der Waals surface area (Å²) in [6.45, 7) is 8.14. The molecule has 0 aliphatic carbocycles. The van der Waals surface area contributed by atoms with E-state index < -0.39 is 0 Å². The van der Waals surface area contributed by atoms with Crippen molar-refractivity contribution < 1.29 is 4.58 Å². The van der Waals surface area contributed by atoms with E-state index in [9.17, 15) is 0 Å². The van der Waals surface area contributed by atoms with Crippen LogP contribution in [-0.4, -0.2) is 29.3 Å². The first kappa shape index (κ1) is 8.05. The maximum atomic E-state index is 3.97. The van der Waals surface area contributed by atoms with Crippen molar-refractivity contribution in [2.75, 3.05) is 14.1 Å². The van der Waals surface area contributed by atoms with Crippen molar-refractivity contribution in [1.82, 2.24) is 4.90 Å². The summed E-state index contributed by atoms with van der Waals surface area (Å²) in [6.07, 6.45) is 2.15. The highest BCUT2D eigenvalue weighted by atomic mass is 15.3. The summed E-state index contributed by atoms with van der Waals surface area (Å²) in [4.78, 5) is 2.08. The first-order valence-corrected chi connectivity index (χ1v) is 3.72. The fourth-order valence-corrected chi connectivity index (χ4v) is 1.13.